The Balaban J connectivity index is 1.50. The number of benzene rings is 1. The third-order valence-electron chi connectivity index (χ3n) is 5.95. The Morgan fingerprint density at radius 3 is 2.82 bits per heavy atom. The van der Waals surface area contributed by atoms with Crippen molar-refractivity contribution < 1.29 is 9.53 Å². The molecule has 1 aromatic carbocycles. The van der Waals surface area contributed by atoms with Gasteiger partial charge in [-0.15, -0.1) is 0 Å². The van der Waals surface area contributed by atoms with Crippen molar-refractivity contribution in [2.75, 3.05) is 26.2 Å². The predicted molar refractivity (Wildman–Crippen MR) is 111 cm³/mol. The molecule has 1 amide bonds. The Hall–Kier alpha value is -2.40. The minimum Gasteiger partial charge on any atom is -0.492 e. The van der Waals surface area contributed by atoms with E-state index >= 15 is 0 Å². The van der Waals surface area contributed by atoms with E-state index in [1.54, 1.807) is 6.20 Å². The van der Waals surface area contributed by atoms with Crippen molar-refractivity contribution in [3.05, 3.63) is 47.7 Å². The van der Waals surface area contributed by atoms with Gasteiger partial charge in [-0.3, -0.25) is 14.7 Å². The Morgan fingerprint density at radius 1 is 1.25 bits per heavy atom. The first kappa shape index (κ1) is 18.9. The van der Waals surface area contributed by atoms with Crippen molar-refractivity contribution in [1.82, 2.24) is 14.8 Å². The van der Waals surface area contributed by atoms with E-state index in [0.717, 1.165) is 56.1 Å². The monoisotopic (exact) mass is 379 g/mol. The molecule has 4 rings (SSSR count). The third-order valence-corrected chi connectivity index (χ3v) is 5.95. The highest BCUT2D eigenvalue weighted by molar-refractivity contribution is 5.94. The second-order valence-corrected chi connectivity index (χ2v) is 7.97. The maximum atomic E-state index is 13.0. The summed E-state index contributed by atoms with van der Waals surface area (Å²) < 4.78 is 5.79. The SMILES string of the molecule is CCC1CN(C(=O)c2ccc(-c3cccc4c3OCC4)nc2)CCN1C(C)C. The predicted octanol–water partition coefficient (Wildman–Crippen LogP) is 3.63. The molecule has 5 nitrogen and oxygen atoms in total. The van der Waals surface area contributed by atoms with Gasteiger partial charge in [0.1, 0.15) is 5.75 Å². The summed E-state index contributed by atoms with van der Waals surface area (Å²) in [5.41, 5.74) is 3.75. The van der Waals surface area contributed by atoms with E-state index in [0.29, 0.717) is 17.6 Å². The van der Waals surface area contributed by atoms with Crippen LogP contribution in [0.15, 0.2) is 36.5 Å². The van der Waals surface area contributed by atoms with Crippen LogP contribution in [0, 0.1) is 0 Å². The van der Waals surface area contributed by atoms with Gasteiger partial charge >= 0.3 is 0 Å². The Labute approximate surface area is 167 Å². The summed E-state index contributed by atoms with van der Waals surface area (Å²) in [5, 5.41) is 0. The smallest absolute Gasteiger partial charge is 0.255 e. The number of hydrogen-bond acceptors (Lipinski definition) is 4. The summed E-state index contributed by atoms with van der Waals surface area (Å²) in [5.74, 6) is 1.01. The molecule has 2 aliphatic rings. The standard InChI is InChI=1S/C23H29N3O2/c1-4-19-15-25(11-12-26(19)16(2)3)23(27)18-8-9-21(24-14-18)20-7-5-6-17-10-13-28-22(17)20/h5-9,14,16,19H,4,10-13,15H2,1-3H3. The minimum atomic E-state index is 0.0791. The van der Waals surface area contributed by atoms with Crippen LogP contribution < -0.4 is 4.74 Å². The van der Waals surface area contributed by atoms with Crippen molar-refractivity contribution in [3.8, 4) is 17.0 Å². The first-order valence-corrected chi connectivity index (χ1v) is 10.3. The molecule has 1 fully saturated rings. The summed E-state index contributed by atoms with van der Waals surface area (Å²) >= 11 is 0. The van der Waals surface area contributed by atoms with Crippen LogP contribution in [0.25, 0.3) is 11.3 Å². The van der Waals surface area contributed by atoms with Gasteiger partial charge in [0.15, 0.2) is 0 Å². The van der Waals surface area contributed by atoms with Crippen molar-refractivity contribution in [2.45, 2.75) is 45.7 Å². The molecule has 3 heterocycles. The maximum absolute atomic E-state index is 13.0. The molecule has 1 saturated heterocycles. The van der Waals surface area contributed by atoms with Gasteiger partial charge in [-0.25, -0.2) is 0 Å². The number of nitrogens with zero attached hydrogens (tertiary/aromatic N) is 3. The van der Waals surface area contributed by atoms with Crippen molar-refractivity contribution in [1.29, 1.82) is 0 Å². The van der Waals surface area contributed by atoms with E-state index in [2.05, 4.69) is 36.7 Å². The molecule has 1 aromatic heterocycles. The lowest BCUT2D eigenvalue weighted by Crippen LogP contribution is -2.56. The molecule has 5 heteroatoms. The highest BCUT2D eigenvalue weighted by atomic mass is 16.5. The number of carbonyl (C=O) groups is 1. The van der Waals surface area contributed by atoms with E-state index in [1.165, 1.54) is 5.56 Å². The van der Waals surface area contributed by atoms with Gasteiger partial charge in [-0.05, 0) is 44.0 Å². The number of para-hydroxylation sites is 1. The lowest BCUT2D eigenvalue weighted by Gasteiger charge is -2.43. The zero-order chi connectivity index (χ0) is 19.7. The first-order valence-electron chi connectivity index (χ1n) is 10.3. The van der Waals surface area contributed by atoms with E-state index in [-0.39, 0.29) is 5.91 Å². The zero-order valence-corrected chi connectivity index (χ0v) is 17.0. The van der Waals surface area contributed by atoms with Gasteiger partial charge in [0, 0.05) is 49.9 Å². The van der Waals surface area contributed by atoms with Crippen LogP contribution in [-0.2, 0) is 6.42 Å². The quantitative estimate of drug-likeness (QED) is 0.814. The number of amides is 1. The normalized spacial score (nSPS) is 19.6. The number of hydrogen-bond donors (Lipinski definition) is 0. The van der Waals surface area contributed by atoms with Gasteiger partial charge in [0.2, 0.25) is 0 Å². The number of piperazine rings is 1. The van der Waals surface area contributed by atoms with Crippen LogP contribution in [0.4, 0.5) is 0 Å². The fourth-order valence-electron chi connectivity index (χ4n) is 4.38. The summed E-state index contributed by atoms with van der Waals surface area (Å²) in [4.78, 5) is 22.1. The summed E-state index contributed by atoms with van der Waals surface area (Å²) in [6.07, 6.45) is 3.71. The molecule has 1 unspecified atom stereocenters. The number of rotatable bonds is 4. The molecule has 0 N–H and O–H groups in total. The topological polar surface area (TPSA) is 45.7 Å². The molecular weight excluding hydrogens is 350 g/mol. The van der Waals surface area contributed by atoms with E-state index in [9.17, 15) is 4.79 Å². The van der Waals surface area contributed by atoms with Crippen molar-refractivity contribution >= 4 is 5.91 Å². The molecule has 0 saturated carbocycles. The molecule has 1 atom stereocenters. The van der Waals surface area contributed by atoms with Crippen molar-refractivity contribution in [2.24, 2.45) is 0 Å². The zero-order valence-electron chi connectivity index (χ0n) is 17.0. The second-order valence-electron chi connectivity index (χ2n) is 7.97. The average molecular weight is 380 g/mol. The number of carbonyl (C=O) groups excluding carboxylic acids is 1. The molecule has 148 valence electrons. The fourth-order valence-corrected chi connectivity index (χ4v) is 4.38. The molecule has 2 aliphatic heterocycles. The highest BCUT2D eigenvalue weighted by Gasteiger charge is 2.30. The van der Waals surface area contributed by atoms with E-state index in [1.807, 2.05) is 29.2 Å². The molecule has 28 heavy (non-hydrogen) atoms. The van der Waals surface area contributed by atoms with Crippen LogP contribution in [0.1, 0.15) is 43.1 Å². The Bertz CT molecular complexity index is 847. The van der Waals surface area contributed by atoms with Crippen LogP contribution in [0.2, 0.25) is 0 Å². The molecule has 0 radical (unpaired) electrons. The van der Waals surface area contributed by atoms with Gasteiger partial charge < -0.3 is 9.64 Å². The summed E-state index contributed by atoms with van der Waals surface area (Å²) in [6.45, 7) is 9.87. The van der Waals surface area contributed by atoms with Crippen LogP contribution in [0.5, 0.6) is 5.75 Å². The molecule has 0 spiro atoms. The highest BCUT2D eigenvalue weighted by Crippen LogP contribution is 2.35. The number of ether oxygens (including phenoxy) is 1. The van der Waals surface area contributed by atoms with E-state index < -0.39 is 0 Å². The molecular formula is C23H29N3O2. The maximum Gasteiger partial charge on any atom is 0.255 e. The van der Waals surface area contributed by atoms with Gasteiger partial charge in [0.05, 0.1) is 17.9 Å². The number of aromatic nitrogens is 1. The van der Waals surface area contributed by atoms with Gasteiger partial charge in [0.25, 0.3) is 5.91 Å². The average Bonchev–Trinajstić information content (AvgIpc) is 3.21. The summed E-state index contributed by atoms with van der Waals surface area (Å²) in [7, 11) is 0. The lowest BCUT2D eigenvalue weighted by molar-refractivity contribution is 0.0371. The number of fused-ring (bicyclic) bond motifs is 1. The molecule has 2 aromatic rings. The van der Waals surface area contributed by atoms with Gasteiger partial charge in [-0.1, -0.05) is 19.1 Å². The largest absolute Gasteiger partial charge is 0.492 e. The fraction of sp³-hybridized carbons (Fsp3) is 0.478. The van der Waals surface area contributed by atoms with Gasteiger partial charge in [-0.2, -0.15) is 0 Å². The molecule has 0 aliphatic carbocycles. The lowest BCUT2D eigenvalue weighted by atomic mass is 10.0. The minimum absolute atomic E-state index is 0.0791. The Kier molecular flexibility index (Phi) is 5.36. The van der Waals surface area contributed by atoms with Crippen molar-refractivity contribution in [3.63, 3.8) is 0 Å². The Morgan fingerprint density at radius 2 is 2.11 bits per heavy atom. The third kappa shape index (κ3) is 3.51. The van der Waals surface area contributed by atoms with Crippen LogP contribution in [0.3, 0.4) is 0 Å². The second kappa shape index (κ2) is 7.92. The first-order chi connectivity index (χ1) is 13.6. The summed E-state index contributed by atoms with van der Waals surface area (Å²) in [6, 6.07) is 11.0. The molecule has 0 bridgehead atoms. The van der Waals surface area contributed by atoms with Crippen LogP contribution >= 0.6 is 0 Å². The van der Waals surface area contributed by atoms with Crippen LogP contribution in [-0.4, -0.2) is 59.0 Å². The van der Waals surface area contributed by atoms with E-state index in [4.69, 9.17) is 4.74 Å². The number of pyridine rings is 1.